The normalized spacial score (nSPS) is 11.2. The minimum Gasteiger partial charge on any atom is -0.489 e. The first-order valence-electron chi connectivity index (χ1n) is 8.95. The Morgan fingerprint density at radius 1 is 0.960 bits per heavy atom. The van der Waals surface area contributed by atoms with Gasteiger partial charge in [0.2, 0.25) is 5.65 Å². The van der Waals surface area contributed by atoms with Crippen LogP contribution in [0.2, 0.25) is 0 Å². The number of hydrogen-bond donors (Lipinski definition) is 0. The van der Waals surface area contributed by atoms with Gasteiger partial charge in [0, 0.05) is 11.6 Å². The first-order valence-corrected chi connectivity index (χ1v) is 8.95. The van der Waals surface area contributed by atoms with Crippen molar-refractivity contribution >= 4 is 5.65 Å². The van der Waals surface area contributed by atoms with Crippen LogP contribution in [0.15, 0.2) is 18.2 Å². The molecule has 0 spiro atoms. The Balaban J connectivity index is 2.06. The highest BCUT2D eigenvalue weighted by Crippen LogP contribution is 2.29. The van der Waals surface area contributed by atoms with E-state index in [2.05, 4.69) is 55.1 Å². The zero-order valence-corrected chi connectivity index (χ0v) is 15.8. The van der Waals surface area contributed by atoms with E-state index in [0.29, 0.717) is 12.3 Å². The molecule has 0 aliphatic carbocycles. The molecule has 0 N–H and O–H groups in total. The number of aromatic nitrogens is 4. The predicted octanol–water partition coefficient (Wildman–Crippen LogP) is 4.59. The summed E-state index contributed by atoms with van der Waals surface area (Å²) in [4.78, 5) is 0. The van der Waals surface area contributed by atoms with Gasteiger partial charge in [0.25, 0.3) is 0 Å². The lowest BCUT2D eigenvalue weighted by Crippen LogP contribution is -2.04. The van der Waals surface area contributed by atoms with Crippen LogP contribution in [0.4, 0.5) is 0 Å². The Hall–Kier alpha value is -2.43. The molecule has 0 unspecified atom stereocenters. The van der Waals surface area contributed by atoms with Crippen LogP contribution in [0.5, 0.6) is 5.75 Å². The quantitative estimate of drug-likeness (QED) is 0.617. The van der Waals surface area contributed by atoms with E-state index in [1.165, 1.54) is 29.5 Å². The van der Waals surface area contributed by atoms with Gasteiger partial charge in [-0.25, -0.2) is 0 Å². The van der Waals surface area contributed by atoms with Gasteiger partial charge in [0.05, 0.1) is 12.3 Å². The third-order valence-corrected chi connectivity index (χ3v) is 4.36. The van der Waals surface area contributed by atoms with Gasteiger partial charge in [-0.3, -0.25) is 0 Å². The van der Waals surface area contributed by atoms with Gasteiger partial charge in [-0.05, 0) is 45.2 Å². The lowest BCUT2D eigenvalue weighted by atomic mass is 9.99. The maximum atomic E-state index is 5.97. The highest BCUT2D eigenvalue weighted by Gasteiger charge is 2.17. The second-order valence-electron chi connectivity index (χ2n) is 6.74. The highest BCUT2D eigenvalue weighted by atomic mass is 16.5. The van der Waals surface area contributed by atoms with Crippen LogP contribution in [0.3, 0.4) is 0 Å². The molecular weight excluding hydrogens is 312 g/mol. The van der Waals surface area contributed by atoms with Gasteiger partial charge in [-0.15, -0.1) is 10.2 Å². The molecule has 5 heteroatoms. The fourth-order valence-corrected chi connectivity index (χ4v) is 3.30. The number of nitrogens with zero attached hydrogens (tertiary/aromatic N) is 4. The van der Waals surface area contributed by atoms with Crippen molar-refractivity contribution < 1.29 is 4.74 Å². The van der Waals surface area contributed by atoms with Gasteiger partial charge < -0.3 is 4.74 Å². The molecule has 1 aromatic carbocycles. The smallest absolute Gasteiger partial charge is 0.220 e. The molecule has 2 aromatic heterocycles. The fourth-order valence-electron chi connectivity index (χ4n) is 3.30. The summed E-state index contributed by atoms with van der Waals surface area (Å²) in [6, 6.07) is 6.28. The molecule has 0 bridgehead atoms. The van der Waals surface area contributed by atoms with Gasteiger partial charge in [-0.2, -0.15) is 9.61 Å². The van der Waals surface area contributed by atoms with Gasteiger partial charge >= 0.3 is 0 Å². The number of ether oxygens (including phenoxy) is 1. The Bertz CT molecular complexity index is 875. The molecule has 0 atom stereocenters. The summed E-state index contributed by atoms with van der Waals surface area (Å²) >= 11 is 0. The van der Waals surface area contributed by atoms with Crippen molar-refractivity contribution in [3.63, 3.8) is 0 Å². The number of benzene rings is 1. The molecular formula is C20H26N4O. The number of fused-ring (bicyclic) bond motifs is 1. The molecule has 25 heavy (non-hydrogen) atoms. The minimum absolute atomic E-state index is 0.677. The van der Waals surface area contributed by atoms with Crippen molar-refractivity contribution in [1.29, 1.82) is 0 Å². The second kappa shape index (κ2) is 7.21. The fraction of sp³-hybridized carbons (Fsp3) is 0.450. The molecule has 0 aliphatic heterocycles. The molecule has 0 aliphatic rings. The van der Waals surface area contributed by atoms with Crippen LogP contribution >= 0.6 is 0 Å². The largest absolute Gasteiger partial charge is 0.489 e. The molecule has 132 valence electrons. The first kappa shape index (κ1) is 17.4. The van der Waals surface area contributed by atoms with Crippen LogP contribution in [-0.2, 0) is 0 Å². The van der Waals surface area contributed by atoms with E-state index in [9.17, 15) is 0 Å². The molecule has 0 saturated carbocycles. The van der Waals surface area contributed by atoms with E-state index in [0.717, 1.165) is 29.3 Å². The first-order chi connectivity index (χ1) is 12.0. The van der Waals surface area contributed by atoms with Crippen LogP contribution in [0.25, 0.3) is 17.0 Å². The summed E-state index contributed by atoms with van der Waals surface area (Å²) in [5, 5.41) is 13.4. The predicted molar refractivity (Wildman–Crippen MR) is 100 cm³/mol. The van der Waals surface area contributed by atoms with Crippen molar-refractivity contribution in [2.24, 2.45) is 0 Å². The second-order valence-corrected chi connectivity index (χ2v) is 6.74. The molecule has 2 heterocycles. The van der Waals surface area contributed by atoms with Crippen LogP contribution < -0.4 is 4.74 Å². The molecule has 3 rings (SSSR count). The summed E-state index contributed by atoms with van der Waals surface area (Å²) in [7, 11) is 0. The van der Waals surface area contributed by atoms with Gasteiger partial charge in [0.1, 0.15) is 0 Å². The van der Waals surface area contributed by atoms with Crippen LogP contribution in [0.1, 0.15) is 48.6 Å². The number of aryl methyl sites for hydroxylation is 4. The van der Waals surface area contributed by atoms with Gasteiger partial charge in [-0.1, -0.05) is 37.5 Å². The number of unbranched alkanes of at least 4 members (excludes halogenated alkanes) is 2. The monoisotopic (exact) mass is 338 g/mol. The van der Waals surface area contributed by atoms with Crippen molar-refractivity contribution in [1.82, 2.24) is 19.8 Å². The van der Waals surface area contributed by atoms with Crippen molar-refractivity contribution in [3.05, 3.63) is 40.6 Å². The van der Waals surface area contributed by atoms with Crippen LogP contribution in [-0.4, -0.2) is 26.4 Å². The third kappa shape index (κ3) is 3.50. The summed E-state index contributed by atoms with van der Waals surface area (Å²) in [5.74, 6) is 1.52. The number of rotatable bonds is 6. The van der Waals surface area contributed by atoms with Crippen LogP contribution in [0, 0.1) is 27.7 Å². The number of hydrogen-bond acceptors (Lipinski definition) is 4. The van der Waals surface area contributed by atoms with Gasteiger partial charge in [0.15, 0.2) is 11.6 Å². The molecule has 0 amide bonds. The Morgan fingerprint density at radius 3 is 2.36 bits per heavy atom. The summed E-state index contributed by atoms with van der Waals surface area (Å²) in [5.41, 5.74) is 6.27. The highest BCUT2D eigenvalue weighted by molar-refractivity contribution is 5.69. The average Bonchev–Trinajstić information content (AvgIpc) is 2.94. The Kier molecular flexibility index (Phi) is 5.02. The molecule has 0 saturated heterocycles. The molecule has 0 radical (unpaired) electrons. The minimum atomic E-state index is 0.677. The maximum Gasteiger partial charge on any atom is 0.220 e. The zero-order valence-electron chi connectivity index (χ0n) is 15.8. The topological polar surface area (TPSA) is 52.3 Å². The molecule has 3 aromatic rings. The van der Waals surface area contributed by atoms with E-state index >= 15 is 0 Å². The lowest BCUT2D eigenvalue weighted by molar-refractivity contribution is 0.307. The summed E-state index contributed by atoms with van der Waals surface area (Å²) < 4.78 is 7.78. The zero-order chi connectivity index (χ0) is 18.0. The van der Waals surface area contributed by atoms with E-state index in [-0.39, 0.29) is 0 Å². The van der Waals surface area contributed by atoms with Crippen molar-refractivity contribution in [3.8, 4) is 17.1 Å². The molecule has 5 nitrogen and oxygen atoms in total. The standard InChI is InChI=1S/C20H26N4O/c1-6-7-8-9-25-17-12-16(5)23-24-19(17)21-22-20(24)18-14(3)10-13(2)11-15(18)4/h10-12H,6-9H2,1-5H3. The Morgan fingerprint density at radius 2 is 1.68 bits per heavy atom. The SMILES string of the molecule is CCCCCOc1cc(C)nn2c(-c3c(C)cc(C)cc3C)nnc12. The average molecular weight is 338 g/mol. The molecule has 0 fully saturated rings. The van der Waals surface area contributed by atoms with Crippen molar-refractivity contribution in [2.75, 3.05) is 6.61 Å². The van der Waals surface area contributed by atoms with Crippen molar-refractivity contribution in [2.45, 2.75) is 53.9 Å². The van der Waals surface area contributed by atoms with E-state index < -0.39 is 0 Å². The summed E-state index contributed by atoms with van der Waals surface area (Å²) in [6.45, 7) is 11.2. The van der Waals surface area contributed by atoms with E-state index in [1.807, 2.05) is 17.5 Å². The third-order valence-electron chi connectivity index (χ3n) is 4.36. The maximum absolute atomic E-state index is 5.97. The Labute approximate surface area is 149 Å². The van der Waals surface area contributed by atoms with E-state index in [1.54, 1.807) is 0 Å². The lowest BCUT2D eigenvalue weighted by Gasteiger charge is -2.11. The summed E-state index contributed by atoms with van der Waals surface area (Å²) in [6.07, 6.45) is 3.39. The van der Waals surface area contributed by atoms with E-state index in [4.69, 9.17) is 4.74 Å².